The summed E-state index contributed by atoms with van der Waals surface area (Å²) in [6.07, 6.45) is 2.49. The van der Waals surface area contributed by atoms with Crippen LogP contribution in [0.4, 0.5) is 0 Å². The standard InChI is InChI=1S/C6H16N2.C3H6O2/c1-3-6(8-2)4-5-7;1-2-3(4)5/h6,8H,3-5,7H2,1-2H3;2H2,1H3,(H,4,5). The molecule has 4 N–H and O–H groups in total. The van der Waals surface area contributed by atoms with Crippen molar-refractivity contribution in [2.24, 2.45) is 5.73 Å². The first-order valence-corrected chi connectivity index (χ1v) is 4.71. The molecule has 0 aromatic carbocycles. The Balaban J connectivity index is 0. The van der Waals surface area contributed by atoms with Crippen LogP contribution in [-0.4, -0.2) is 30.7 Å². The van der Waals surface area contributed by atoms with Gasteiger partial charge in [-0.3, -0.25) is 4.79 Å². The smallest absolute Gasteiger partial charge is 0.303 e. The van der Waals surface area contributed by atoms with Gasteiger partial charge in [-0.1, -0.05) is 13.8 Å². The number of nitrogens with two attached hydrogens (primary N) is 1. The summed E-state index contributed by atoms with van der Waals surface area (Å²) in [5.74, 6) is -0.745. The van der Waals surface area contributed by atoms with Gasteiger partial charge in [-0.2, -0.15) is 0 Å². The van der Waals surface area contributed by atoms with Gasteiger partial charge in [0.2, 0.25) is 0 Å². The average molecular weight is 190 g/mol. The summed E-state index contributed by atoms with van der Waals surface area (Å²) in [6, 6.07) is 0.625. The maximum atomic E-state index is 9.37. The molecule has 0 aromatic rings. The van der Waals surface area contributed by atoms with Crippen LogP contribution < -0.4 is 11.1 Å². The van der Waals surface area contributed by atoms with Crippen molar-refractivity contribution in [1.29, 1.82) is 0 Å². The summed E-state index contributed by atoms with van der Waals surface area (Å²) in [5, 5.41) is 10.9. The van der Waals surface area contributed by atoms with Crippen LogP contribution in [0.25, 0.3) is 0 Å². The maximum Gasteiger partial charge on any atom is 0.303 e. The SMILES string of the molecule is CCC(=O)O.CCC(CCN)NC. The average Bonchev–Trinajstić information content (AvgIpc) is 2.15. The third kappa shape index (κ3) is 14.3. The quantitative estimate of drug-likeness (QED) is 0.600. The van der Waals surface area contributed by atoms with E-state index in [1.165, 1.54) is 6.42 Å². The predicted octanol–water partition coefficient (Wildman–Crippen LogP) is 0.814. The Morgan fingerprint density at radius 2 is 2.00 bits per heavy atom. The lowest BCUT2D eigenvalue weighted by Crippen LogP contribution is -2.26. The summed E-state index contributed by atoms with van der Waals surface area (Å²) < 4.78 is 0. The molecule has 0 radical (unpaired) electrons. The van der Waals surface area contributed by atoms with E-state index in [1.807, 2.05) is 7.05 Å². The highest BCUT2D eigenvalue weighted by Crippen LogP contribution is 1.92. The van der Waals surface area contributed by atoms with Crippen LogP contribution in [0.3, 0.4) is 0 Å². The topological polar surface area (TPSA) is 75.3 Å². The largest absolute Gasteiger partial charge is 0.481 e. The number of aliphatic carboxylic acids is 1. The molecule has 0 heterocycles. The molecule has 4 nitrogen and oxygen atoms in total. The molecular weight excluding hydrogens is 168 g/mol. The normalized spacial score (nSPS) is 11.4. The number of carbonyl (C=O) groups is 1. The second-order valence-corrected chi connectivity index (χ2v) is 2.72. The van der Waals surface area contributed by atoms with E-state index in [2.05, 4.69) is 12.2 Å². The molecule has 0 fully saturated rings. The molecule has 1 atom stereocenters. The molecule has 0 aromatic heterocycles. The van der Waals surface area contributed by atoms with Crippen LogP contribution in [0.5, 0.6) is 0 Å². The van der Waals surface area contributed by atoms with Gasteiger partial charge >= 0.3 is 5.97 Å². The van der Waals surface area contributed by atoms with Gasteiger partial charge in [0.1, 0.15) is 0 Å². The molecule has 0 bridgehead atoms. The highest BCUT2D eigenvalue weighted by molar-refractivity contribution is 5.66. The van der Waals surface area contributed by atoms with E-state index in [1.54, 1.807) is 6.92 Å². The number of rotatable bonds is 5. The van der Waals surface area contributed by atoms with Crippen molar-refractivity contribution in [2.45, 2.75) is 39.2 Å². The van der Waals surface area contributed by atoms with E-state index in [4.69, 9.17) is 10.8 Å². The van der Waals surface area contributed by atoms with E-state index in [-0.39, 0.29) is 6.42 Å². The first kappa shape index (κ1) is 14.9. The Bertz CT molecular complexity index is 114. The van der Waals surface area contributed by atoms with E-state index in [0.29, 0.717) is 6.04 Å². The van der Waals surface area contributed by atoms with Crippen molar-refractivity contribution in [3.63, 3.8) is 0 Å². The Kier molecular flexibility index (Phi) is 13.0. The fourth-order valence-electron chi connectivity index (χ4n) is 0.754. The molecule has 13 heavy (non-hydrogen) atoms. The summed E-state index contributed by atoms with van der Waals surface area (Å²) >= 11 is 0. The molecule has 0 aliphatic carbocycles. The summed E-state index contributed by atoms with van der Waals surface area (Å²) in [7, 11) is 1.98. The maximum absolute atomic E-state index is 9.37. The molecule has 1 unspecified atom stereocenters. The van der Waals surface area contributed by atoms with E-state index >= 15 is 0 Å². The number of carboxylic acids is 1. The highest BCUT2D eigenvalue weighted by atomic mass is 16.4. The van der Waals surface area contributed by atoms with Gasteiger partial charge in [0, 0.05) is 12.5 Å². The zero-order chi connectivity index (χ0) is 10.7. The first-order chi connectivity index (χ1) is 6.12. The lowest BCUT2D eigenvalue weighted by molar-refractivity contribution is -0.136. The molecule has 0 spiro atoms. The number of carboxylic acid groups (broad SMARTS) is 1. The molecule has 0 saturated heterocycles. The van der Waals surface area contributed by atoms with Gasteiger partial charge in [-0.05, 0) is 26.4 Å². The second-order valence-electron chi connectivity index (χ2n) is 2.72. The van der Waals surface area contributed by atoms with Crippen LogP contribution in [0.1, 0.15) is 33.1 Å². The van der Waals surface area contributed by atoms with Crippen LogP contribution in [0, 0.1) is 0 Å². The third-order valence-corrected chi connectivity index (χ3v) is 1.72. The monoisotopic (exact) mass is 190 g/mol. The number of hydrogen-bond donors (Lipinski definition) is 3. The van der Waals surface area contributed by atoms with Crippen molar-refractivity contribution in [1.82, 2.24) is 5.32 Å². The van der Waals surface area contributed by atoms with Crippen molar-refractivity contribution >= 4 is 5.97 Å². The van der Waals surface area contributed by atoms with Crippen LogP contribution in [0.15, 0.2) is 0 Å². The Morgan fingerprint density at radius 3 is 2.08 bits per heavy atom. The van der Waals surface area contributed by atoms with Gasteiger partial charge < -0.3 is 16.2 Å². The fourth-order valence-corrected chi connectivity index (χ4v) is 0.754. The minimum absolute atomic E-state index is 0.222. The lowest BCUT2D eigenvalue weighted by Gasteiger charge is -2.10. The number of nitrogens with one attached hydrogen (secondary N) is 1. The molecule has 0 aliphatic rings. The first-order valence-electron chi connectivity index (χ1n) is 4.71. The van der Waals surface area contributed by atoms with Gasteiger partial charge in [0.05, 0.1) is 0 Å². The van der Waals surface area contributed by atoms with Crippen LogP contribution in [-0.2, 0) is 4.79 Å². The minimum atomic E-state index is -0.745. The molecular formula is C9H22N2O2. The lowest BCUT2D eigenvalue weighted by atomic mass is 10.1. The molecule has 0 rings (SSSR count). The van der Waals surface area contributed by atoms with Crippen molar-refractivity contribution in [3.05, 3.63) is 0 Å². The number of hydrogen-bond acceptors (Lipinski definition) is 3. The Hall–Kier alpha value is -0.610. The van der Waals surface area contributed by atoms with Crippen LogP contribution >= 0.6 is 0 Å². The minimum Gasteiger partial charge on any atom is -0.481 e. The Labute approximate surface area is 80.5 Å². The molecule has 0 aliphatic heterocycles. The van der Waals surface area contributed by atoms with Crippen molar-refractivity contribution in [2.75, 3.05) is 13.6 Å². The van der Waals surface area contributed by atoms with Gasteiger partial charge in [-0.25, -0.2) is 0 Å². The highest BCUT2D eigenvalue weighted by Gasteiger charge is 1.97. The van der Waals surface area contributed by atoms with Gasteiger partial charge in [0.25, 0.3) is 0 Å². The van der Waals surface area contributed by atoms with E-state index < -0.39 is 5.97 Å². The van der Waals surface area contributed by atoms with Gasteiger partial charge in [-0.15, -0.1) is 0 Å². The van der Waals surface area contributed by atoms with E-state index in [9.17, 15) is 4.79 Å². The third-order valence-electron chi connectivity index (χ3n) is 1.72. The van der Waals surface area contributed by atoms with Crippen molar-refractivity contribution in [3.8, 4) is 0 Å². The Morgan fingerprint density at radius 1 is 1.54 bits per heavy atom. The summed E-state index contributed by atoms with van der Waals surface area (Å²) in [5.41, 5.74) is 5.34. The van der Waals surface area contributed by atoms with Crippen molar-refractivity contribution < 1.29 is 9.90 Å². The fraction of sp³-hybridized carbons (Fsp3) is 0.889. The molecule has 80 valence electrons. The molecule has 4 heteroatoms. The zero-order valence-corrected chi connectivity index (χ0v) is 8.84. The second kappa shape index (κ2) is 11.4. The van der Waals surface area contributed by atoms with Crippen LogP contribution in [0.2, 0.25) is 0 Å². The molecule has 0 amide bonds. The zero-order valence-electron chi connectivity index (χ0n) is 8.84. The molecule has 0 saturated carbocycles. The van der Waals surface area contributed by atoms with Gasteiger partial charge in [0.15, 0.2) is 0 Å². The van der Waals surface area contributed by atoms with E-state index in [0.717, 1.165) is 13.0 Å². The summed E-state index contributed by atoms with van der Waals surface area (Å²) in [6.45, 7) is 4.55. The summed E-state index contributed by atoms with van der Waals surface area (Å²) in [4.78, 5) is 9.37. The predicted molar refractivity (Wildman–Crippen MR) is 54.7 cm³/mol.